The van der Waals surface area contributed by atoms with Gasteiger partial charge in [0.05, 0.1) is 19.1 Å². The van der Waals surface area contributed by atoms with Crippen LogP contribution in [0.15, 0.2) is 59.1 Å². The molecule has 7 nitrogen and oxygen atoms in total. The minimum Gasteiger partial charge on any atom is -0.339 e. The topological polar surface area (TPSA) is 64.9 Å². The van der Waals surface area contributed by atoms with Crippen LogP contribution in [0.4, 0.5) is 4.39 Å². The zero-order valence-electron chi connectivity index (χ0n) is 19.4. The summed E-state index contributed by atoms with van der Waals surface area (Å²) in [4.78, 5) is 6.98. The molecule has 1 aliphatic carbocycles. The molecule has 0 N–H and O–H groups in total. The number of halogens is 1. The van der Waals surface area contributed by atoms with Crippen molar-refractivity contribution >= 4 is 12.2 Å². The maximum Gasteiger partial charge on any atom is 0.231 e. The molecule has 9 heteroatoms. The predicted octanol–water partition coefficient (Wildman–Crippen LogP) is 5.37. The number of hydrogen-bond donors (Lipinski definition) is 0. The molecule has 1 unspecified atom stereocenters. The van der Waals surface area contributed by atoms with Crippen LogP contribution >= 0.6 is 12.2 Å². The van der Waals surface area contributed by atoms with Crippen molar-refractivity contribution in [2.24, 2.45) is 0 Å². The molecule has 2 aromatic carbocycles. The lowest BCUT2D eigenvalue weighted by Crippen LogP contribution is -2.36. The number of piperidine rings is 1. The SMILES string of the molecule is Fc1ccc(-c2noc(C3CCCN(Cn4nc(C5CC5)n(Cc5ccccc5)c4=S)C3)n2)cc1. The van der Waals surface area contributed by atoms with Crippen molar-refractivity contribution in [3.63, 3.8) is 0 Å². The van der Waals surface area contributed by atoms with Crippen molar-refractivity contribution in [3.05, 3.63) is 82.5 Å². The van der Waals surface area contributed by atoms with Crippen LogP contribution in [0.5, 0.6) is 0 Å². The van der Waals surface area contributed by atoms with Gasteiger partial charge in [-0.05, 0) is 74.3 Å². The molecule has 1 saturated carbocycles. The Kier molecular flexibility index (Phi) is 6.03. The molecular weight excluding hydrogens is 463 g/mol. The summed E-state index contributed by atoms with van der Waals surface area (Å²) < 4.78 is 23.8. The molecule has 3 heterocycles. The highest BCUT2D eigenvalue weighted by Crippen LogP contribution is 2.39. The van der Waals surface area contributed by atoms with Gasteiger partial charge in [-0.1, -0.05) is 35.5 Å². The van der Waals surface area contributed by atoms with Gasteiger partial charge in [-0.25, -0.2) is 9.07 Å². The summed E-state index contributed by atoms with van der Waals surface area (Å²) in [5.74, 6) is 2.61. The third-order valence-electron chi connectivity index (χ3n) is 6.81. The lowest BCUT2D eigenvalue weighted by molar-refractivity contribution is 0.143. The third kappa shape index (κ3) is 4.83. The Balaban J connectivity index is 1.18. The van der Waals surface area contributed by atoms with Crippen LogP contribution < -0.4 is 0 Å². The Bertz CT molecular complexity index is 1360. The summed E-state index contributed by atoms with van der Waals surface area (Å²) in [5, 5.41) is 9.09. The van der Waals surface area contributed by atoms with Crippen LogP contribution in [-0.2, 0) is 13.2 Å². The van der Waals surface area contributed by atoms with Crippen molar-refractivity contribution < 1.29 is 8.91 Å². The monoisotopic (exact) mass is 490 g/mol. The number of rotatable bonds is 7. The first-order chi connectivity index (χ1) is 17.1. The van der Waals surface area contributed by atoms with Crippen molar-refractivity contribution in [3.8, 4) is 11.4 Å². The molecule has 1 saturated heterocycles. The van der Waals surface area contributed by atoms with E-state index in [4.69, 9.17) is 21.8 Å². The van der Waals surface area contributed by atoms with Gasteiger partial charge in [-0.3, -0.25) is 9.47 Å². The van der Waals surface area contributed by atoms with Gasteiger partial charge in [0, 0.05) is 18.0 Å². The maximum atomic E-state index is 13.2. The quantitative estimate of drug-likeness (QED) is 0.325. The van der Waals surface area contributed by atoms with E-state index in [0.29, 0.717) is 24.3 Å². The standard InChI is InChI=1S/C26H27FN6OS/c27-22-12-10-19(11-13-22)23-28-25(34-30-23)21-7-4-14-31(16-21)17-33-26(35)32(24(29-33)20-8-9-20)15-18-5-2-1-3-6-18/h1-3,5-6,10-13,20-21H,4,7-9,14-17H2. The highest BCUT2D eigenvalue weighted by molar-refractivity contribution is 7.71. The molecule has 0 bridgehead atoms. The van der Waals surface area contributed by atoms with Crippen LogP contribution in [0.25, 0.3) is 11.4 Å². The molecule has 35 heavy (non-hydrogen) atoms. The lowest BCUT2D eigenvalue weighted by Gasteiger charge is -2.30. The lowest BCUT2D eigenvalue weighted by atomic mass is 9.98. The molecule has 1 aliphatic heterocycles. The molecule has 2 aliphatic rings. The van der Waals surface area contributed by atoms with E-state index in [2.05, 4.69) is 43.9 Å². The minimum atomic E-state index is -0.282. The second-order valence-electron chi connectivity index (χ2n) is 9.51. The Morgan fingerprint density at radius 2 is 1.80 bits per heavy atom. The highest BCUT2D eigenvalue weighted by atomic mass is 32.1. The molecule has 2 aromatic heterocycles. The van der Waals surface area contributed by atoms with Gasteiger partial charge in [0.1, 0.15) is 11.6 Å². The van der Waals surface area contributed by atoms with Gasteiger partial charge < -0.3 is 4.52 Å². The van der Waals surface area contributed by atoms with E-state index in [-0.39, 0.29) is 11.7 Å². The molecular formula is C26H27FN6OS. The predicted molar refractivity (Wildman–Crippen MR) is 132 cm³/mol. The molecule has 0 spiro atoms. The first-order valence-electron chi connectivity index (χ1n) is 12.2. The van der Waals surface area contributed by atoms with E-state index in [1.54, 1.807) is 12.1 Å². The third-order valence-corrected chi connectivity index (χ3v) is 7.24. The van der Waals surface area contributed by atoms with E-state index in [0.717, 1.165) is 48.6 Å². The number of nitrogens with zero attached hydrogens (tertiary/aromatic N) is 6. The zero-order chi connectivity index (χ0) is 23.8. The van der Waals surface area contributed by atoms with E-state index in [1.807, 2.05) is 10.7 Å². The molecule has 0 radical (unpaired) electrons. The van der Waals surface area contributed by atoms with Crippen molar-refractivity contribution in [2.75, 3.05) is 13.1 Å². The average Bonchev–Trinajstić information content (AvgIpc) is 3.53. The number of hydrogen-bond acceptors (Lipinski definition) is 6. The Morgan fingerprint density at radius 3 is 2.57 bits per heavy atom. The molecule has 0 amide bonds. The van der Waals surface area contributed by atoms with Crippen LogP contribution in [0.3, 0.4) is 0 Å². The molecule has 4 aromatic rings. The van der Waals surface area contributed by atoms with Gasteiger partial charge in [0.2, 0.25) is 11.7 Å². The van der Waals surface area contributed by atoms with Gasteiger partial charge >= 0.3 is 0 Å². The van der Waals surface area contributed by atoms with E-state index in [9.17, 15) is 4.39 Å². The van der Waals surface area contributed by atoms with Gasteiger partial charge in [0.15, 0.2) is 4.77 Å². The average molecular weight is 491 g/mol. The van der Waals surface area contributed by atoms with Crippen molar-refractivity contribution in [1.82, 2.24) is 29.4 Å². The summed E-state index contributed by atoms with van der Waals surface area (Å²) in [6, 6.07) is 16.6. The zero-order valence-corrected chi connectivity index (χ0v) is 20.2. The van der Waals surface area contributed by atoms with E-state index < -0.39 is 0 Å². The normalized spacial score (nSPS) is 18.7. The maximum absolute atomic E-state index is 13.2. The largest absolute Gasteiger partial charge is 0.339 e. The fraction of sp³-hybridized carbons (Fsp3) is 0.385. The van der Waals surface area contributed by atoms with Crippen LogP contribution in [-0.4, -0.2) is 42.5 Å². The highest BCUT2D eigenvalue weighted by Gasteiger charge is 2.31. The van der Waals surface area contributed by atoms with Crippen LogP contribution in [0.1, 0.15) is 54.8 Å². The molecule has 1 atom stereocenters. The summed E-state index contributed by atoms with van der Waals surface area (Å²) in [5.41, 5.74) is 1.98. The molecule has 180 valence electrons. The number of aromatic nitrogens is 5. The second kappa shape index (κ2) is 9.47. The van der Waals surface area contributed by atoms with E-state index in [1.165, 1.54) is 30.5 Å². The first kappa shape index (κ1) is 22.3. The van der Waals surface area contributed by atoms with Gasteiger partial charge in [0.25, 0.3) is 0 Å². The smallest absolute Gasteiger partial charge is 0.231 e. The van der Waals surface area contributed by atoms with Gasteiger partial charge in [-0.2, -0.15) is 10.1 Å². The number of likely N-dealkylation sites (tertiary alicyclic amines) is 1. The van der Waals surface area contributed by atoms with E-state index >= 15 is 0 Å². The minimum absolute atomic E-state index is 0.147. The van der Waals surface area contributed by atoms with Crippen LogP contribution in [0.2, 0.25) is 0 Å². The summed E-state index contributed by atoms with van der Waals surface area (Å²) in [6.45, 7) is 3.18. The summed E-state index contributed by atoms with van der Waals surface area (Å²) in [7, 11) is 0. The fourth-order valence-corrected chi connectivity index (χ4v) is 5.06. The van der Waals surface area contributed by atoms with Crippen molar-refractivity contribution in [1.29, 1.82) is 0 Å². The summed E-state index contributed by atoms with van der Waals surface area (Å²) >= 11 is 5.89. The Labute approximate surface area is 208 Å². The Morgan fingerprint density at radius 1 is 1.00 bits per heavy atom. The summed E-state index contributed by atoms with van der Waals surface area (Å²) in [6.07, 6.45) is 4.38. The molecule has 2 fully saturated rings. The van der Waals surface area contributed by atoms with Crippen LogP contribution in [0, 0.1) is 10.6 Å². The van der Waals surface area contributed by atoms with Crippen molar-refractivity contribution in [2.45, 2.75) is 50.7 Å². The van der Waals surface area contributed by atoms with Gasteiger partial charge in [-0.15, -0.1) is 0 Å². The fourth-order valence-electron chi connectivity index (χ4n) is 4.80. The second-order valence-corrected chi connectivity index (χ2v) is 9.87. The first-order valence-corrected chi connectivity index (χ1v) is 12.6. The number of benzene rings is 2. The molecule has 6 rings (SSSR count). The Hall–Kier alpha value is -3.17.